The van der Waals surface area contributed by atoms with Crippen LogP contribution in [0.15, 0.2) is 47.3 Å². The first-order chi connectivity index (χ1) is 15.0. The van der Waals surface area contributed by atoms with Crippen LogP contribution < -0.4 is 0 Å². The molecular weight excluding hydrogens is 392 g/mol. The van der Waals surface area contributed by atoms with Gasteiger partial charge in [-0.2, -0.15) is 15.3 Å². The highest BCUT2D eigenvalue weighted by atomic mass is 16.4. The number of benzene rings is 1. The van der Waals surface area contributed by atoms with Crippen LogP contribution in [-0.2, 0) is 6.42 Å². The Morgan fingerprint density at radius 3 is 2.77 bits per heavy atom. The van der Waals surface area contributed by atoms with Crippen LogP contribution >= 0.6 is 0 Å². The Hall–Kier alpha value is -3.39. The van der Waals surface area contributed by atoms with Gasteiger partial charge < -0.3 is 9.32 Å². The first-order valence-corrected chi connectivity index (χ1v) is 10.5. The van der Waals surface area contributed by atoms with Gasteiger partial charge in [-0.15, -0.1) is 0 Å². The number of ketones is 1. The summed E-state index contributed by atoms with van der Waals surface area (Å²) in [5.41, 5.74) is 2.94. The van der Waals surface area contributed by atoms with Crippen molar-refractivity contribution in [2.24, 2.45) is 0 Å². The van der Waals surface area contributed by atoms with Gasteiger partial charge in [0.15, 0.2) is 17.4 Å². The molecule has 0 atom stereocenters. The van der Waals surface area contributed by atoms with Crippen molar-refractivity contribution >= 4 is 16.7 Å². The number of fused-ring (bicyclic) bond motifs is 1. The monoisotopic (exact) mass is 416 g/mol. The second-order valence-corrected chi connectivity index (χ2v) is 8.20. The molecule has 0 aliphatic carbocycles. The molecule has 0 spiro atoms. The van der Waals surface area contributed by atoms with Gasteiger partial charge in [-0.05, 0) is 57.2 Å². The van der Waals surface area contributed by atoms with Crippen molar-refractivity contribution in [1.29, 1.82) is 0 Å². The van der Waals surface area contributed by atoms with Gasteiger partial charge in [0, 0.05) is 24.1 Å². The van der Waals surface area contributed by atoms with E-state index < -0.39 is 0 Å². The molecule has 4 heterocycles. The highest BCUT2D eigenvalue weighted by Crippen LogP contribution is 2.25. The summed E-state index contributed by atoms with van der Waals surface area (Å²) in [5, 5.41) is 13.9. The lowest BCUT2D eigenvalue weighted by Gasteiger charge is -2.28. The van der Waals surface area contributed by atoms with E-state index in [1.165, 1.54) is 0 Å². The van der Waals surface area contributed by atoms with Crippen LogP contribution in [-0.4, -0.2) is 55.8 Å². The average Bonchev–Trinajstić information content (AvgIpc) is 3.43. The van der Waals surface area contributed by atoms with Crippen molar-refractivity contribution < 1.29 is 9.21 Å². The summed E-state index contributed by atoms with van der Waals surface area (Å²) in [5.74, 6) is 1.32. The zero-order chi connectivity index (χ0) is 21.4. The van der Waals surface area contributed by atoms with E-state index in [1.807, 2.05) is 42.1 Å². The van der Waals surface area contributed by atoms with Crippen molar-refractivity contribution in [1.82, 2.24) is 29.9 Å². The van der Waals surface area contributed by atoms with Crippen molar-refractivity contribution in [3.63, 3.8) is 0 Å². The molecule has 1 fully saturated rings. The zero-order valence-corrected chi connectivity index (χ0v) is 17.7. The summed E-state index contributed by atoms with van der Waals surface area (Å²) in [6, 6.07) is 8.08. The van der Waals surface area contributed by atoms with Crippen molar-refractivity contribution in [2.75, 3.05) is 20.1 Å². The Kier molecular flexibility index (Phi) is 5.07. The summed E-state index contributed by atoms with van der Waals surface area (Å²) in [4.78, 5) is 19.3. The predicted molar refractivity (Wildman–Crippen MR) is 116 cm³/mol. The van der Waals surface area contributed by atoms with Crippen LogP contribution in [0.3, 0.4) is 0 Å². The van der Waals surface area contributed by atoms with Crippen molar-refractivity contribution in [3.8, 4) is 11.3 Å². The SMILES string of the molecule is Cc1ncc(-c2ccc3nnc(CC(=O)c4cnn(C5CCN(C)CC5)c4)cc3c2)o1. The number of oxazole rings is 1. The Bertz CT molecular complexity index is 1240. The summed E-state index contributed by atoms with van der Waals surface area (Å²) in [6.45, 7) is 3.92. The molecule has 8 nitrogen and oxygen atoms in total. The minimum absolute atomic E-state index is 0.00478. The number of nitrogens with zero attached hydrogens (tertiary/aromatic N) is 6. The number of hydrogen-bond acceptors (Lipinski definition) is 7. The maximum Gasteiger partial charge on any atom is 0.191 e. The lowest BCUT2D eigenvalue weighted by molar-refractivity contribution is 0.0991. The Morgan fingerprint density at radius 2 is 2.00 bits per heavy atom. The van der Waals surface area contributed by atoms with E-state index in [2.05, 4.69) is 32.2 Å². The molecule has 31 heavy (non-hydrogen) atoms. The third-order valence-electron chi connectivity index (χ3n) is 5.87. The summed E-state index contributed by atoms with van der Waals surface area (Å²) < 4.78 is 7.56. The van der Waals surface area contributed by atoms with Gasteiger partial charge in [0.25, 0.3) is 0 Å². The molecule has 0 amide bonds. The van der Waals surface area contributed by atoms with E-state index in [0.29, 0.717) is 29.0 Å². The quantitative estimate of drug-likeness (QED) is 0.460. The van der Waals surface area contributed by atoms with Crippen molar-refractivity contribution in [2.45, 2.75) is 32.2 Å². The van der Waals surface area contributed by atoms with Gasteiger partial charge in [0.2, 0.25) is 0 Å². The molecule has 0 saturated carbocycles. The number of hydrogen-bond donors (Lipinski definition) is 0. The van der Waals surface area contributed by atoms with E-state index >= 15 is 0 Å². The third-order valence-corrected chi connectivity index (χ3v) is 5.87. The van der Waals surface area contributed by atoms with Gasteiger partial charge >= 0.3 is 0 Å². The topological polar surface area (TPSA) is 89.9 Å². The van der Waals surface area contributed by atoms with E-state index in [4.69, 9.17) is 4.42 Å². The molecule has 4 aromatic rings. The van der Waals surface area contributed by atoms with Crippen molar-refractivity contribution in [3.05, 3.63) is 60.0 Å². The number of Topliss-reactive ketones (excluding diaryl/α,β-unsaturated/α-hetero) is 1. The smallest absolute Gasteiger partial charge is 0.191 e. The fourth-order valence-corrected chi connectivity index (χ4v) is 4.03. The van der Waals surface area contributed by atoms with Gasteiger partial charge in [0.05, 0.1) is 41.6 Å². The minimum Gasteiger partial charge on any atom is -0.441 e. The number of carbonyl (C=O) groups excluding carboxylic acids is 1. The molecule has 8 heteroatoms. The number of aryl methyl sites for hydroxylation is 1. The molecule has 1 saturated heterocycles. The predicted octanol–water partition coefficient (Wildman–Crippen LogP) is 3.48. The van der Waals surface area contributed by atoms with Gasteiger partial charge in [-0.1, -0.05) is 0 Å². The first-order valence-electron chi connectivity index (χ1n) is 10.5. The summed E-state index contributed by atoms with van der Waals surface area (Å²) in [7, 11) is 2.13. The molecule has 5 rings (SSSR count). The lowest BCUT2D eigenvalue weighted by atomic mass is 10.1. The molecule has 0 bridgehead atoms. The van der Waals surface area contributed by atoms with Gasteiger partial charge in [0.1, 0.15) is 0 Å². The molecule has 1 aliphatic rings. The van der Waals surface area contributed by atoms with Crippen LogP contribution in [0, 0.1) is 6.92 Å². The Morgan fingerprint density at radius 1 is 1.16 bits per heavy atom. The third kappa shape index (κ3) is 4.11. The normalized spacial score (nSPS) is 15.5. The van der Waals surface area contributed by atoms with Gasteiger partial charge in [-0.25, -0.2) is 4.98 Å². The first kappa shape index (κ1) is 19.6. The summed E-state index contributed by atoms with van der Waals surface area (Å²) in [6.07, 6.45) is 7.53. The molecule has 3 aromatic heterocycles. The fraction of sp³-hybridized carbons (Fsp3) is 0.348. The molecule has 1 aliphatic heterocycles. The largest absolute Gasteiger partial charge is 0.441 e. The van der Waals surface area contributed by atoms with E-state index in [9.17, 15) is 4.79 Å². The lowest BCUT2D eigenvalue weighted by Crippen LogP contribution is -2.31. The number of carbonyl (C=O) groups is 1. The molecule has 158 valence electrons. The highest BCUT2D eigenvalue weighted by molar-refractivity contribution is 5.97. The Balaban J connectivity index is 1.33. The molecule has 0 N–H and O–H groups in total. The molecular formula is C23H24N6O2. The summed E-state index contributed by atoms with van der Waals surface area (Å²) >= 11 is 0. The number of piperidine rings is 1. The fourth-order valence-electron chi connectivity index (χ4n) is 4.03. The number of likely N-dealkylation sites (tertiary alicyclic amines) is 1. The number of aromatic nitrogens is 5. The average molecular weight is 416 g/mol. The number of rotatable bonds is 5. The minimum atomic E-state index is -0.00478. The maximum atomic E-state index is 12.8. The van der Waals surface area contributed by atoms with E-state index in [-0.39, 0.29) is 12.2 Å². The van der Waals surface area contributed by atoms with Crippen LogP contribution in [0.1, 0.15) is 40.8 Å². The zero-order valence-electron chi connectivity index (χ0n) is 17.7. The van der Waals surface area contributed by atoms with Crippen LogP contribution in [0.4, 0.5) is 0 Å². The van der Waals surface area contributed by atoms with Gasteiger partial charge in [-0.3, -0.25) is 9.48 Å². The van der Waals surface area contributed by atoms with E-state index in [1.54, 1.807) is 12.4 Å². The second kappa shape index (κ2) is 8.03. The maximum absolute atomic E-state index is 12.8. The standard InChI is InChI=1S/C23H24N6O2/c1-15-24-13-23(31-15)16-3-4-21-17(9-16)10-19(26-27-21)11-22(30)18-12-25-29(14-18)20-5-7-28(2)8-6-20/h3-4,9-10,12-14,20H,5-8,11H2,1-2H3. The highest BCUT2D eigenvalue weighted by Gasteiger charge is 2.20. The van der Waals surface area contributed by atoms with Crippen LogP contribution in [0.25, 0.3) is 22.2 Å². The molecule has 0 unspecified atom stereocenters. The van der Waals surface area contributed by atoms with Crippen LogP contribution in [0.2, 0.25) is 0 Å². The van der Waals surface area contributed by atoms with Crippen LogP contribution in [0.5, 0.6) is 0 Å². The second-order valence-electron chi connectivity index (χ2n) is 8.20. The van der Waals surface area contributed by atoms with E-state index in [0.717, 1.165) is 42.4 Å². The molecule has 1 aromatic carbocycles. The Labute approximate surface area is 179 Å². The molecule has 0 radical (unpaired) electrons.